The fraction of sp³-hybridized carbons (Fsp3) is 0.250. The van der Waals surface area contributed by atoms with Crippen molar-refractivity contribution in [3.05, 3.63) is 53.6 Å². The number of hydrogen-bond acceptors (Lipinski definition) is 3. The lowest BCUT2D eigenvalue weighted by Crippen LogP contribution is -2.16. The molecule has 7 heteroatoms. The molecule has 2 aromatic rings. The van der Waals surface area contributed by atoms with Crippen molar-refractivity contribution in [2.45, 2.75) is 13.8 Å². The van der Waals surface area contributed by atoms with E-state index in [9.17, 15) is 18.0 Å². The van der Waals surface area contributed by atoms with Crippen molar-refractivity contribution >= 4 is 17.3 Å². The molecule has 1 aromatic heterocycles. The van der Waals surface area contributed by atoms with Crippen LogP contribution in [-0.4, -0.2) is 17.4 Å². The molecule has 1 heterocycles. The number of nitrogens with one attached hydrogen (secondary N) is 2. The highest BCUT2D eigenvalue weighted by Crippen LogP contribution is 2.20. The SMILES string of the molecule is CC(C)CNc1ccnc(C(=O)Nc2ccc(F)c(F)c2F)c1. The monoisotopic (exact) mass is 323 g/mol. The molecule has 0 spiro atoms. The van der Waals surface area contributed by atoms with Crippen LogP contribution in [0.15, 0.2) is 30.5 Å². The smallest absolute Gasteiger partial charge is 0.274 e. The maximum atomic E-state index is 13.6. The van der Waals surface area contributed by atoms with E-state index in [-0.39, 0.29) is 5.69 Å². The molecule has 0 unspecified atom stereocenters. The Bertz CT molecular complexity index is 720. The van der Waals surface area contributed by atoms with Crippen molar-refractivity contribution in [3.63, 3.8) is 0 Å². The first kappa shape index (κ1) is 16.8. The number of carbonyl (C=O) groups is 1. The van der Waals surface area contributed by atoms with Gasteiger partial charge in [0.05, 0.1) is 5.69 Å². The molecule has 0 aliphatic heterocycles. The van der Waals surface area contributed by atoms with Gasteiger partial charge in [-0.15, -0.1) is 0 Å². The van der Waals surface area contributed by atoms with Gasteiger partial charge in [-0.2, -0.15) is 0 Å². The Kier molecular flexibility index (Phi) is 5.20. The van der Waals surface area contributed by atoms with Crippen LogP contribution in [-0.2, 0) is 0 Å². The van der Waals surface area contributed by atoms with Crippen LogP contribution < -0.4 is 10.6 Å². The Balaban J connectivity index is 2.15. The summed E-state index contributed by atoms with van der Waals surface area (Å²) in [5.41, 5.74) is 0.267. The van der Waals surface area contributed by atoms with Gasteiger partial charge in [-0.05, 0) is 30.2 Å². The third-order valence-electron chi connectivity index (χ3n) is 2.99. The van der Waals surface area contributed by atoms with Crippen LogP contribution in [0.2, 0.25) is 0 Å². The predicted octanol–water partition coefficient (Wildman–Crippen LogP) is 3.82. The van der Waals surface area contributed by atoms with Crippen LogP contribution in [0.4, 0.5) is 24.5 Å². The summed E-state index contributed by atoms with van der Waals surface area (Å²) >= 11 is 0. The maximum absolute atomic E-state index is 13.6. The van der Waals surface area contributed by atoms with E-state index < -0.39 is 29.0 Å². The summed E-state index contributed by atoms with van der Waals surface area (Å²) < 4.78 is 39.6. The Labute approximate surface area is 131 Å². The van der Waals surface area contributed by atoms with Gasteiger partial charge in [-0.25, -0.2) is 13.2 Å². The lowest BCUT2D eigenvalue weighted by Gasteiger charge is -2.10. The van der Waals surface area contributed by atoms with Crippen LogP contribution >= 0.6 is 0 Å². The first-order valence-electron chi connectivity index (χ1n) is 7.03. The fourth-order valence-corrected chi connectivity index (χ4v) is 1.80. The molecule has 0 atom stereocenters. The van der Waals surface area contributed by atoms with Crippen molar-refractivity contribution in [3.8, 4) is 0 Å². The minimum Gasteiger partial charge on any atom is -0.385 e. The van der Waals surface area contributed by atoms with Crippen molar-refractivity contribution in [1.29, 1.82) is 0 Å². The van der Waals surface area contributed by atoms with Crippen molar-refractivity contribution in [2.75, 3.05) is 17.2 Å². The summed E-state index contributed by atoms with van der Waals surface area (Å²) in [4.78, 5) is 16.0. The summed E-state index contributed by atoms with van der Waals surface area (Å²) in [6.07, 6.45) is 1.43. The molecule has 1 aromatic carbocycles. The second kappa shape index (κ2) is 7.13. The second-order valence-electron chi connectivity index (χ2n) is 5.38. The van der Waals surface area contributed by atoms with Crippen LogP contribution in [0, 0.1) is 23.4 Å². The standard InChI is InChI=1S/C16H16F3N3O/c1-9(2)8-21-10-5-6-20-13(7-10)16(23)22-12-4-3-11(17)14(18)15(12)19/h3-7,9H,8H2,1-2H3,(H,20,21)(H,22,23). The van der Waals surface area contributed by atoms with Crippen molar-refractivity contribution in [2.24, 2.45) is 5.92 Å². The minimum atomic E-state index is -1.64. The van der Waals surface area contributed by atoms with Gasteiger partial charge in [-0.3, -0.25) is 9.78 Å². The van der Waals surface area contributed by atoms with Gasteiger partial charge in [0.1, 0.15) is 5.69 Å². The Hall–Kier alpha value is -2.57. The number of anilines is 2. The number of benzene rings is 1. The lowest BCUT2D eigenvalue weighted by atomic mass is 10.2. The third-order valence-corrected chi connectivity index (χ3v) is 2.99. The maximum Gasteiger partial charge on any atom is 0.274 e. The average Bonchev–Trinajstić information content (AvgIpc) is 2.53. The zero-order valence-electron chi connectivity index (χ0n) is 12.7. The number of aromatic nitrogens is 1. The Morgan fingerprint density at radius 1 is 1.17 bits per heavy atom. The molecular formula is C16H16F3N3O. The zero-order chi connectivity index (χ0) is 17.0. The topological polar surface area (TPSA) is 54.0 Å². The molecule has 1 amide bonds. The van der Waals surface area contributed by atoms with E-state index in [1.54, 1.807) is 6.07 Å². The van der Waals surface area contributed by atoms with Crippen LogP contribution in [0.1, 0.15) is 24.3 Å². The zero-order valence-corrected chi connectivity index (χ0v) is 12.7. The van der Waals surface area contributed by atoms with Crippen molar-refractivity contribution < 1.29 is 18.0 Å². The summed E-state index contributed by atoms with van der Waals surface area (Å²) in [5.74, 6) is -4.71. The number of nitrogens with zero attached hydrogens (tertiary/aromatic N) is 1. The lowest BCUT2D eigenvalue weighted by molar-refractivity contribution is 0.102. The molecule has 0 saturated heterocycles. The molecule has 23 heavy (non-hydrogen) atoms. The highest BCUT2D eigenvalue weighted by Gasteiger charge is 2.16. The number of amides is 1. The fourth-order valence-electron chi connectivity index (χ4n) is 1.80. The summed E-state index contributed by atoms with van der Waals surface area (Å²) in [6, 6.07) is 4.88. The van der Waals surface area contributed by atoms with Gasteiger partial charge in [0, 0.05) is 18.4 Å². The quantitative estimate of drug-likeness (QED) is 0.823. The molecular weight excluding hydrogens is 307 g/mol. The number of pyridine rings is 1. The predicted molar refractivity (Wildman–Crippen MR) is 81.8 cm³/mol. The van der Waals surface area contributed by atoms with E-state index in [1.165, 1.54) is 12.3 Å². The van der Waals surface area contributed by atoms with E-state index in [1.807, 2.05) is 13.8 Å². The van der Waals surface area contributed by atoms with E-state index in [0.29, 0.717) is 18.2 Å². The third kappa shape index (κ3) is 4.21. The van der Waals surface area contributed by atoms with E-state index in [4.69, 9.17) is 0 Å². The molecule has 0 aliphatic rings. The number of rotatable bonds is 5. The van der Waals surface area contributed by atoms with Crippen LogP contribution in [0.5, 0.6) is 0 Å². The van der Waals surface area contributed by atoms with E-state index in [2.05, 4.69) is 15.6 Å². The molecule has 0 saturated carbocycles. The molecule has 0 aliphatic carbocycles. The average molecular weight is 323 g/mol. The van der Waals surface area contributed by atoms with Gasteiger partial charge in [-0.1, -0.05) is 13.8 Å². The largest absolute Gasteiger partial charge is 0.385 e. The first-order chi connectivity index (χ1) is 10.9. The van der Waals surface area contributed by atoms with Gasteiger partial charge >= 0.3 is 0 Å². The summed E-state index contributed by atoms with van der Waals surface area (Å²) in [7, 11) is 0. The Morgan fingerprint density at radius 2 is 1.91 bits per heavy atom. The van der Waals surface area contributed by atoms with E-state index >= 15 is 0 Å². The molecule has 2 N–H and O–H groups in total. The Morgan fingerprint density at radius 3 is 2.61 bits per heavy atom. The van der Waals surface area contributed by atoms with Gasteiger partial charge in [0.15, 0.2) is 17.5 Å². The highest BCUT2D eigenvalue weighted by molar-refractivity contribution is 6.03. The molecule has 4 nitrogen and oxygen atoms in total. The first-order valence-corrected chi connectivity index (χ1v) is 7.03. The van der Waals surface area contributed by atoms with Crippen LogP contribution in [0.3, 0.4) is 0 Å². The number of halogens is 3. The van der Waals surface area contributed by atoms with Gasteiger partial charge in [0.25, 0.3) is 5.91 Å². The van der Waals surface area contributed by atoms with Gasteiger partial charge in [0.2, 0.25) is 0 Å². The molecule has 122 valence electrons. The second-order valence-corrected chi connectivity index (χ2v) is 5.38. The molecule has 0 fully saturated rings. The van der Waals surface area contributed by atoms with Crippen LogP contribution in [0.25, 0.3) is 0 Å². The molecule has 0 radical (unpaired) electrons. The molecule has 2 rings (SSSR count). The van der Waals surface area contributed by atoms with Crippen molar-refractivity contribution in [1.82, 2.24) is 4.98 Å². The normalized spacial score (nSPS) is 10.7. The number of carbonyl (C=O) groups excluding carboxylic acids is 1. The highest BCUT2D eigenvalue weighted by atomic mass is 19.2. The van der Waals surface area contributed by atoms with E-state index in [0.717, 1.165) is 12.1 Å². The summed E-state index contributed by atoms with van der Waals surface area (Å²) in [6.45, 7) is 4.78. The molecule has 0 bridgehead atoms. The number of hydrogen-bond donors (Lipinski definition) is 2. The van der Waals surface area contributed by atoms with Gasteiger partial charge < -0.3 is 10.6 Å². The minimum absolute atomic E-state index is 0.0305. The summed E-state index contributed by atoms with van der Waals surface area (Å²) in [5, 5.41) is 5.30.